The second-order valence-electron chi connectivity index (χ2n) is 2.20. The molecule has 0 aliphatic carbocycles. The molecule has 1 N–H and O–H groups in total. The van der Waals surface area contributed by atoms with Crippen LogP contribution in [0.2, 0.25) is 0 Å². The van der Waals surface area contributed by atoms with Crippen LogP contribution < -0.4 is 0 Å². The molecule has 1 nitrogen and oxygen atoms in total. The Hall–Kier alpha value is 0.0500. The normalized spacial score (nSPS) is 13.0. The zero-order chi connectivity index (χ0) is 7.82. The van der Waals surface area contributed by atoms with Gasteiger partial charge >= 0.3 is 0 Å². The Morgan fingerprint density at radius 1 is 1.60 bits per heavy atom. The van der Waals surface area contributed by atoms with Gasteiger partial charge in [0.1, 0.15) is 5.44 Å². The van der Waals surface area contributed by atoms with Crippen LogP contribution in [-0.2, 0) is 0 Å². The van der Waals surface area contributed by atoms with Crippen LogP contribution in [0, 0.1) is 0 Å². The summed E-state index contributed by atoms with van der Waals surface area (Å²) in [5, 5.41) is 9.00. The lowest BCUT2D eigenvalue weighted by Crippen LogP contribution is -1.95. The van der Waals surface area contributed by atoms with E-state index in [0.717, 1.165) is 5.75 Å². The first kappa shape index (κ1) is 10.0. The fourth-order valence-electron chi connectivity index (χ4n) is 0.624. The second kappa shape index (κ2) is 7.16. The average Bonchev–Trinajstić information content (AvgIpc) is 1.98. The van der Waals surface area contributed by atoms with Crippen LogP contribution in [0.25, 0.3) is 0 Å². The highest BCUT2D eigenvalue weighted by Crippen LogP contribution is 2.11. The Morgan fingerprint density at radius 3 is 2.80 bits per heavy atom. The summed E-state index contributed by atoms with van der Waals surface area (Å²) < 4.78 is 0. The molecule has 0 saturated heterocycles. The molecule has 0 radical (unpaired) electrons. The zero-order valence-corrected chi connectivity index (χ0v) is 7.36. The number of thioether (sulfide) groups is 1. The second-order valence-corrected chi connectivity index (χ2v) is 3.43. The molecule has 0 aliphatic heterocycles. The monoisotopic (exact) mass is 160 g/mol. The molecule has 0 aromatic heterocycles. The summed E-state index contributed by atoms with van der Waals surface area (Å²) >= 11 is 1.55. The molecule has 1 atom stereocenters. The van der Waals surface area contributed by atoms with Crippen molar-refractivity contribution in [3.05, 3.63) is 12.7 Å². The summed E-state index contributed by atoms with van der Waals surface area (Å²) in [7, 11) is 0. The zero-order valence-electron chi connectivity index (χ0n) is 6.55. The summed E-state index contributed by atoms with van der Waals surface area (Å²) in [5.41, 5.74) is -0.364. The van der Waals surface area contributed by atoms with E-state index >= 15 is 0 Å². The van der Waals surface area contributed by atoms with Crippen LogP contribution in [0.5, 0.6) is 0 Å². The highest BCUT2D eigenvalue weighted by Gasteiger charge is 1.95. The summed E-state index contributed by atoms with van der Waals surface area (Å²) in [6, 6.07) is 0. The van der Waals surface area contributed by atoms with Crippen molar-refractivity contribution in [1.82, 2.24) is 0 Å². The van der Waals surface area contributed by atoms with Gasteiger partial charge in [0.2, 0.25) is 0 Å². The van der Waals surface area contributed by atoms with Crippen molar-refractivity contribution in [2.75, 3.05) is 5.75 Å². The van der Waals surface area contributed by atoms with E-state index in [9.17, 15) is 0 Å². The van der Waals surface area contributed by atoms with Gasteiger partial charge in [-0.15, -0.1) is 11.8 Å². The van der Waals surface area contributed by atoms with E-state index in [1.54, 1.807) is 17.8 Å². The van der Waals surface area contributed by atoms with Gasteiger partial charge in [0.05, 0.1) is 0 Å². The standard InChI is InChI=1S/C8H16OS/c1-3-5-6-7-10-8(9)4-2/h4,8-9H,2-3,5-7H2,1H3. The number of rotatable bonds is 6. The summed E-state index contributed by atoms with van der Waals surface area (Å²) in [5.74, 6) is 1.04. The lowest BCUT2D eigenvalue weighted by molar-refractivity contribution is 0.310. The molecular formula is C8H16OS. The molecule has 0 aromatic carbocycles. The maximum absolute atomic E-state index is 9.00. The fourth-order valence-corrected chi connectivity index (χ4v) is 1.37. The van der Waals surface area contributed by atoms with Crippen molar-refractivity contribution in [3.8, 4) is 0 Å². The quantitative estimate of drug-likeness (QED) is 0.366. The minimum Gasteiger partial charge on any atom is -0.379 e. The van der Waals surface area contributed by atoms with Gasteiger partial charge in [-0.25, -0.2) is 0 Å². The molecule has 0 aliphatic rings. The van der Waals surface area contributed by atoms with E-state index in [4.69, 9.17) is 5.11 Å². The van der Waals surface area contributed by atoms with E-state index in [1.165, 1.54) is 19.3 Å². The molecular weight excluding hydrogens is 144 g/mol. The summed E-state index contributed by atoms with van der Waals surface area (Å²) in [4.78, 5) is 0. The van der Waals surface area contributed by atoms with E-state index in [2.05, 4.69) is 13.5 Å². The molecule has 0 fully saturated rings. The third-order valence-electron chi connectivity index (χ3n) is 1.24. The number of hydrogen-bond acceptors (Lipinski definition) is 2. The molecule has 2 heteroatoms. The average molecular weight is 160 g/mol. The van der Waals surface area contributed by atoms with Gasteiger partial charge in [-0.3, -0.25) is 0 Å². The largest absolute Gasteiger partial charge is 0.379 e. The Morgan fingerprint density at radius 2 is 2.30 bits per heavy atom. The molecule has 60 valence electrons. The first-order valence-corrected chi connectivity index (χ1v) is 4.78. The Kier molecular flexibility index (Phi) is 7.20. The van der Waals surface area contributed by atoms with Crippen LogP contribution in [0.4, 0.5) is 0 Å². The first-order chi connectivity index (χ1) is 4.81. The lowest BCUT2D eigenvalue weighted by Gasteiger charge is -2.02. The van der Waals surface area contributed by atoms with Gasteiger partial charge in [-0.1, -0.05) is 32.4 Å². The summed E-state index contributed by atoms with van der Waals surface area (Å²) in [6.45, 7) is 5.66. The maximum Gasteiger partial charge on any atom is 0.118 e. The topological polar surface area (TPSA) is 20.2 Å². The Bertz CT molecular complexity index is 83.3. The number of unbranched alkanes of at least 4 members (excludes halogenated alkanes) is 2. The molecule has 1 unspecified atom stereocenters. The van der Waals surface area contributed by atoms with Gasteiger partial charge < -0.3 is 5.11 Å². The van der Waals surface area contributed by atoms with Crippen molar-refractivity contribution in [2.24, 2.45) is 0 Å². The van der Waals surface area contributed by atoms with Gasteiger partial charge in [0.15, 0.2) is 0 Å². The molecule has 10 heavy (non-hydrogen) atoms. The molecule has 0 aromatic rings. The van der Waals surface area contributed by atoms with Crippen molar-refractivity contribution < 1.29 is 5.11 Å². The van der Waals surface area contributed by atoms with Crippen LogP contribution in [0.15, 0.2) is 12.7 Å². The minimum absolute atomic E-state index is 0.364. The predicted molar refractivity (Wildman–Crippen MR) is 48.2 cm³/mol. The smallest absolute Gasteiger partial charge is 0.118 e. The highest BCUT2D eigenvalue weighted by atomic mass is 32.2. The Labute approximate surface area is 67.5 Å². The van der Waals surface area contributed by atoms with Gasteiger partial charge in [0.25, 0.3) is 0 Å². The molecule has 0 saturated carbocycles. The van der Waals surface area contributed by atoms with Gasteiger partial charge in [-0.2, -0.15) is 0 Å². The van der Waals surface area contributed by atoms with Gasteiger partial charge in [0, 0.05) is 0 Å². The third-order valence-corrected chi connectivity index (χ3v) is 2.30. The molecule has 0 rings (SSSR count). The van der Waals surface area contributed by atoms with Crippen LogP contribution in [0.1, 0.15) is 26.2 Å². The van der Waals surface area contributed by atoms with Crippen LogP contribution >= 0.6 is 11.8 Å². The number of aliphatic hydroxyl groups excluding tert-OH is 1. The van der Waals surface area contributed by atoms with Crippen molar-refractivity contribution in [3.63, 3.8) is 0 Å². The predicted octanol–water partition coefficient (Wildman–Crippen LogP) is 2.41. The molecule has 0 bridgehead atoms. The van der Waals surface area contributed by atoms with E-state index in [1.807, 2.05) is 0 Å². The van der Waals surface area contributed by atoms with Gasteiger partial charge in [-0.05, 0) is 12.2 Å². The first-order valence-electron chi connectivity index (χ1n) is 3.73. The van der Waals surface area contributed by atoms with E-state index in [0.29, 0.717) is 0 Å². The van der Waals surface area contributed by atoms with Crippen LogP contribution in [-0.4, -0.2) is 16.3 Å². The van der Waals surface area contributed by atoms with E-state index in [-0.39, 0.29) is 5.44 Å². The molecule has 0 heterocycles. The Balaban J connectivity index is 2.95. The SMILES string of the molecule is C=CC(O)SCCCCC. The molecule has 0 spiro atoms. The maximum atomic E-state index is 9.00. The minimum atomic E-state index is -0.364. The number of hydrogen-bond donors (Lipinski definition) is 1. The molecule has 0 amide bonds. The summed E-state index contributed by atoms with van der Waals surface area (Å²) in [6.07, 6.45) is 5.27. The third kappa shape index (κ3) is 6.17. The lowest BCUT2D eigenvalue weighted by atomic mass is 10.3. The van der Waals surface area contributed by atoms with Crippen molar-refractivity contribution >= 4 is 11.8 Å². The van der Waals surface area contributed by atoms with E-state index < -0.39 is 0 Å². The van der Waals surface area contributed by atoms with Crippen LogP contribution in [0.3, 0.4) is 0 Å². The fraction of sp³-hybridized carbons (Fsp3) is 0.750. The van der Waals surface area contributed by atoms with Crippen molar-refractivity contribution in [2.45, 2.75) is 31.6 Å². The van der Waals surface area contributed by atoms with Crippen molar-refractivity contribution in [1.29, 1.82) is 0 Å². The number of aliphatic hydroxyl groups is 1. The highest BCUT2D eigenvalue weighted by molar-refractivity contribution is 7.99.